The van der Waals surface area contributed by atoms with Gasteiger partial charge in [-0.3, -0.25) is 4.79 Å². The van der Waals surface area contributed by atoms with Gasteiger partial charge in [-0.2, -0.15) is 4.99 Å². The van der Waals surface area contributed by atoms with Crippen LogP contribution in [-0.4, -0.2) is 40.9 Å². The molecule has 1 N–H and O–H groups in total. The molecule has 1 saturated heterocycles. The molecule has 0 aromatic rings. The van der Waals surface area contributed by atoms with Crippen molar-refractivity contribution < 1.29 is 9.90 Å². The van der Waals surface area contributed by atoms with Crippen molar-refractivity contribution in [2.75, 3.05) is 13.2 Å². The predicted molar refractivity (Wildman–Crippen MR) is 72.5 cm³/mol. The number of aliphatic imine (C=N–C) groups is 1. The number of unbranched alkanes of at least 4 members (excludes halogenated alkanes) is 1. The van der Waals surface area contributed by atoms with Crippen molar-refractivity contribution in [3.8, 4) is 0 Å². The third-order valence-electron chi connectivity index (χ3n) is 3.01. The van der Waals surface area contributed by atoms with Crippen LogP contribution in [0.15, 0.2) is 23.0 Å². The second-order valence-corrected chi connectivity index (χ2v) is 4.51. The van der Waals surface area contributed by atoms with Crippen LogP contribution >= 0.6 is 0 Å². The minimum absolute atomic E-state index is 0.172. The number of piperidine rings is 1. The van der Waals surface area contributed by atoms with Crippen LogP contribution in [0.25, 0.3) is 0 Å². The van der Waals surface area contributed by atoms with Gasteiger partial charge < -0.3 is 10.0 Å². The van der Waals surface area contributed by atoms with E-state index >= 15 is 0 Å². The van der Waals surface area contributed by atoms with Crippen LogP contribution in [0.4, 0.5) is 0 Å². The van der Waals surface area contributed by atoms with E-state index in [2.05, 4.69) is 17.8 Å². The summed E-state index contributed by atoms with van der Waals surface area (Å²) in [5.74, 6) is 3.88. The number of ketones is 1. The highest BCUT2D eigenvalue weighted by molar-refractivity contribution is 5.81. The Balaban J connectivity index is 2.83. The van der Waals surface area contributed by atoms with Crippen molar-refractivity contribution >= 4 is 11.7 Å². The number of hydrogen-bond acceptors (Lipinski definition) is 4. The van der Waals surface area contributed by atoms with Gasteiger partial charge in [-0.05, 0) is 51.1 Å². The summed E-state index contributed by atoms with van der Waals surface area (Å²) < 4.78 is 0. The predicted octanol–water partition coefficient (Wildman–Crippen LogP) is 1.90. The lowest BCUT2D eigenvalue weighted by atomic mass is 10.0. The van der Waals surface area contributed by atoms with Gasteiger partial charge in [0, 0.05) is 19.1 Å². The number of nitrogens with zero attached hydrogens (tertiary/aromatic N) is 2. The highest BCUT2D eigenvalue weighted by Gasteiger charge is 2.24. The average Bonchev–Trinajstić information content (AvgIpc) is 2.37. The van der Waals surface area contributed by atoms with Gasteiger partial charge >= 0.3 is 0 Å². The molecule has 4 heteroatoms. The fraction of sp³-hybridized carbons (Fsp3) is 0.643. The zero-order chi connectivity index (χ0) is 13.4. The largest absolute Gasteiger partial charge is 0.396 e. The van der Waals surface area contributed by atoms with Gasteiger partial charge in [-0.1, -0.05) is 0 Å². The summed E-state index contributed by atoms with van der Waals surface area (Å²) in [7, 11) is 0. The maximum atomic E-state index is 11.5. The molecule has 0 amide bonds. The zero-order valence-electron chi connectivity index (χ0n) is 11.2. The van der Waals surface area contributed by atoms with Crippen molar-refractivity contribution in [3.63, 3.8) is 0 Å². The molecule has 4 nitrogen and oxygen atoms in total. The highest BCUT2D eigenvalue weighted by Crippen LogP contribution is 2.20. The first kappa shape index (κ1) is 14.7. The molecular weight excluding hydrogens is 228 g/mol. The highest BCUT2D eigenvalue weighted by atomic mass is 16.2. The average molecular weight is 250 g/mol. The van der Waals surface area contributed by atoms with Crippen LogP contribution in [0.2, 0.25) is 0 Å². The normalized spacial score (nSPS) is 20.6. The third-order valence-corrected chi connectivity index (χ3v) is 3.01. The number of carbonyl (C=O) groups is 1. The quantitative estimate of drug-likeness (QED) is 0.599. The maximum Gasteiger partial charge on any atom is 0.152 e. The molecule has 0 aromatic heterocycles. The van der Waals surface area contributed by atoms with E-state index in [0.717, 1.165) is 18.7 Å². The van der Waals surface area contributed by atoms with E-state index in [9.17, 15) is 4.79 Å². The summed E-state index contributed by atoms with van der Waals surface area (Å²) >= 11 is 0. The lowest BCUT2D eigenvalue weighted by Gasteiger charge is -2.34. The summed E-state index contributed by atoms with van der Waals surface area (Å²) in [6.07, 6.45) is 6.73. The van der Waals surface area contributed by atoms with E-state index in [4.69, 9.17) is 5.11 Å². The molecular formula is C14H22N2O2. The molecule has 1 fully saturated rings. The van der Waals surface area contributed by atoms with E-state index in [0.29, 0.717) is 25.4 Å². The topological polar surface area (TPSA) is 52.9 Å². The Labute approximate surface area is 109 Å². The molecule has 1 heterocycles. The first-order chi connectivity index (χ1) is 8.69. The summed E-state index contributed by atoms with van der Waals surface area (Å²) in [4.78, 5) is 17.8. The number of aliphatic hydroxyl groups excluding tert-OH is 1. The minimum Gasteiger partial charge on any atom is -0.396 e. The number of likely N-dealkylation sites (tertiary alicyclic amines) is 1. The number of aliphatic hydroxyl groups is 1. The van der Waals surface area contributed by atoms with Gasteiger partial charge in [0.15, 0.2) is 5.78 Å². The smallest absolute Gasteiger partial charge is 0.152 e. The monoisotopic (exact) mass is 250 g/mol. The Hall–Kier alpha value is -1.38. The second kappa shape index (κ2) is 7.85. The van der Waals surface area contributed by atoms with E-state index in [1.165, 1.54) is 0 Å². The molecule has 0 aromatic carbocycles. The summed E-state index contributed by atoms with van der Waals surface area (Å²) in [6.45, 7) is 4.57. The molecule has 0 aliphatic carbocycles. The van der Waals surface area contributed by atoms with Crippen molar-refractivity contribution in [2.24, 2.45) is 4.99 Å². The van der Waals surface area contributed by atoms with Crippen molar-refractivity contribution in [1.29, 1.82) is 0 Å². The molecule has 0 unspecified atom stereocenters. The van der Waals surface area contributed by atoms with Crippen LogP contribution in [0.3, 0.4) is 0 Å². The fourth-order valence-corrected chi connectivity index (χ4v) is 1.94. The Morgan fingerprint density at radius 1 is 1.67 bits per heavy atom. The van der Waals surface area contributed by atoms with Crippen LogP contribution in [0.1, 0.15) is 39.5 Å². The molecule has 18 heavy (non-hydrogen) atoms. The molecule has 0 spiro atoms. The van der Waals surface area contributed by atoms with E-state index < -0.39 is 0 Å². The number of carbonyl (C=O) groups excluding carboxylic acids is 1. The van der Waals surface area contributed by atoms with Gasteiger partial charge in [0.2, 0.25) is 0 Å². The van der Waals surface area contributed by atoms with Crippen LogP contribution < -0.4 is 0 Å². The standard InChI is InChI=1S/C14H22N2O2/c1-3-9-15-14(6-4-5-10-17)16-11-13(18)8-7-12(16)2/h3,6,12,17H,4-5,7-8,10-11H2,1-2H3/b14-6+/t12-/m1/s1. The second-order valence-electron chi connectivity index (χ2n) is 4.51. The molecule has 0 radical (unpaired) electrons. The first-order valence-electron chi connectivity index (χ1n) is 6.52. The van der Waals surface area contributed by atoms with Crippen molar-refractivity contribution in [1.82, 2.24) is 4.90 Å². The summed E-state index contributed by atoms with van der Waals surface area (Å²) in [6, 6.07) is 0.325. The Morgan fingerprint density at radius 2 is 2.44 bits per heavy atom. The molecule has 1 aliphatic heterocycles. The number of Topliss-reactive ketones (excluding diaryl/α,β-unsaturated/α-hetero) is 1. The first-order valence-corrected chi connectivity index (χ1v) is 6.52. The molecule has 1 atom stereocenters. The SMILES string of the molecule is CC=C=N/C(=C\CCCO)N1CC(=O)CC[C@H]1C. The van der Waals surface area contributed by atoms with Crippen molar-refractivity contribution in [3.05, 3.63) is 18.0 Å². The molecule has 0 bridgehead atoms. The van der Waals surface area contributed by atoms with Gasteiger partial charge in [0.1, 0.15) is 5.82 Å². The maximum absolute atomic E-state index is 11.5. The molecule has 1 rings (SSSR count). The van der Waals surface area contributed by atoms with E-state index in [1.807, 2.05) is 17.9 Å². The van der Waals surface area contributed by atoms with Gasteiger partial charge in [-0.25, -0.2) is 0 Å². The molecule has 100 valence electrons. The van der Waals surface area contributed by atoms with Gasteiger partial charge in [0.25, 0.3) is 0 Å². The van der Waals surface area contributed by atoms with Gasteiger partial charge in [-0.15, -0.1) is 0 Å². The fourth-order valence-electron chi connectivity index (χ4n) is 1.94. The summed E-state index contributed by atoms with van der Waals surface area (Å²) in [5.41, 5.74) is 0. The third kappa shape index (κ3) is 4.47. The number of rotatable bonds is 5. The minimum atomic E-state index is 0.172. The Kier molecular flexibility index (Phi) is 6.40. The van der Waals surface area contributed by atoms with Crippen molar-refractivity contribution in [2.45, 2.75) is 45.6 Å². The van der Waals surface area contributed by atoms with Crippen LogP contribution in [0.5, 0.6) is 0 Å². The summed E-state index contributed by atoms with van der Waals surface area (Å²) in [5, 5.41) is 8.81. The Bertz CT molecular complexity index is 368. The van der Waals surface area contributed by atoms with Crippen LogP contribution in [0, 0.1) is 0 Å². The number of hydrogen-bond donors (Lipinski definition) is 1. The lowest BCUT2D eigenvalue weighted by molar-refractivity contribution is -0.122. The molecule has 0 saturated carbocycles. The van der Waals surface area contributed by atoms with E-state index in [-0.39, 0.29) is 12.4 Å². The lowest BCUT2D eigenvalue weighted by Crippen LogP contribution is -2.40. The van der Waals surface area contributed by atoms with Gasteiger partial charge in [0.05, 0.1) is 6.54 Å². The zero-order valence-corrected chi connectivity index (χ0v) is 11.2. The van der Waals surface area contributed by atoms with Crippen LogP contribution in [-0.2, 0) is 4.79 Å². The Morgan fingerprint density at radius 3 is 3.11 bits per heavy atom. The number of allylic oxidation sites excluding steroid dienone is 2. The van der Waals surface area contributed by atoms with E-state index in [1.54, 1.807) is 6.08 Å². The molecule has 1 aliphatic rings.